The van der Waals surface area contributed by atoms with Gasteiger partial charge < -0.3 is 35.3 Å². The summed E-state index contributed by atoms with van der Waals surface area (Å²) in [4.78, 5) is 38.2. The van der Waals surface area contributed by atoms with Crippen LogP contribution in [0.4, 0.5) is 68.0 Å². The number of fused-ring (bicyclic) bond motifs is 1. The average Bonchev–Trinajstić information content (AvgIpc) is 1.42. The number of carboxylic acid groups (broad SMARTS) is 1. The van der Waals surface area contributed by atoms with Gasteiger partial charge in [-0.05, 0) is 82.4 Å². The summed E-state index contributed by atoms with van der Waals surface area (Å²) in [6.45, 7) is 15.6. The first-order valence-corrected chi connectivity index (χ1v) is 25.2. The molecular formula is C67H40F9Ir5N9O2-6. The zero-order valence-corrected chi connectivity index (χ0v) is 58.4. The number of pyridine rings is 5. The summed E-state index contributed by atoms with van der Waals surface area (Å²) in [7, 11) is 0. The van der Waals surface area contributed by atoms with E-state index in [2.05, 4.69) is 81.2 Å². The molecule has 0 atom stereocenters. The topological polar surface area (TPSA) is 126 Å². The summed E-state index contributed by atoms with van der Waals surface area (Å²) in [6.07, 6.45) is -2.15. The molecule has 0 aliphatic carbocycles. The Morgan fingerprint density at radius 3 is 1.55 bits per heavy atom. The van der Waals surface area contributed by atoms with Crippen LogP contribution in [0.2, 0.25) is 0 Å². The Kier molecular flexibility index (Phi) is 34.6. The van der Waals surface area contributed by atoms with E-state index in [0.717, 1.165) is 40.8 Å². The summed E-state index contributed by atoms with van der Waals surface area (Å²) in [5.74, 6) is -2.83. The molecule has 25 heteroatoms. The fraction of sp³-hybridized carbons (Fsp3) is 0.0299. The molecule has 0 amide bonds. The molecule has 6 heterocycles. The van der Waals surface area contributed by atoms with Crippen LogP contribution >= 0.6 is 0 Å². The smallest absolute Gasteiger partial charge is 0.399 e. The number of hydrogen-bond donors (Lipinski definition) is 2. The van der Waals surface area contributed by atoms with Crippen LogP contribution in [0.5, 0.6) is 0 Å². The van der Waals surface area contributed by atoms with Crippen molar-refractivity contribution in [3.8, 4) is 45.0 Å². The van der Waals surface area contributed by atoms with Crippen LogP contribution in [0, 0.1) is 67.6 Å². The van der Waals surface area contributed by atoms with Crippen LogP contribution in [-0.2, 0) is 113 Å². The van der Waals surface area contributed by atoms with E-state index < -0.39 is 46.9 Å². The maximum Gasteiger partial charge on any atom is 0.399 e. The molecule has 6 aromatic carbocycles. The van der Waals surface area contributed by atoms with Gasteiger partial charge in [-0.25, -0.2) is 9.78 Å². The summed E-state index contributed by atoms with van der Waals surface area (Å²) in [5, 5.41) is 11.6. The summed E-state index contributed by atoms with van der Waals surface area (Å²) >= 11 is 0. The Morgan fingerprint density at radius 1 is 0.522 bits per heavy atom. The standard InChI is InChI=1S/C13H6F6N.C13H10N2.C12H6FN2.C12H7N2.C11H6F2N.C6H5NO2.5Ir/c14-12(15,16)9-5-8(11-3-1-2-4-20-11)6-10(7-9)13(17,18)19;1-2-6-11(7-3-1)15-10-14-12-8-4-5-9-13(12)15;1-14-12-8-9(5-6-10(12)13)11-4-2-3-7-15-11;1-13-11-6-4-5-10(9-11)12-7-2-3-8-14-12;12-8-4-5-9(10(13)7-8)11-3-1-2-6-14-11;8-6(9)5-3-1-2-4-7-5;;;;;/h1-5,7H;1-6,8-10,14H;2-4,6-8H;2-4,6-9H;1-4,6-7H;1-4H,(H,8,9);;;;;/q-1;-2;3*-1;;;;;;. The molecule has 0 bridgehead atoms. The van der Waals surface area contributed by atoms with Crippen molar-refractivity contribution in [2.24, 2.45) is 0 Å². The van der Waals surface area contributed by atoms with E-state index in [1.54, 1.807) is 79.3 Å². The van der Waals surface area contributed by atoms with Gasteiger partial charge in [-0.1, -0.05) is 78.4 Å². The Balaban J connectivity index is 0.000000376. The SMILES string of the molecule is FC(F)(F)c1[c-]c(-c2ccccn2)cc(C(F)(F)F)c1.Fc1c[c-]c(-c2ccccn2)c(F)c1.O=C(O)c1ccccn1.[C-]#[N+]c1cc(-c2ccccn2)[c-]cc1F.[C-]#[N+]c1cc[c-]c(-c2ccccn2)c1.[Ir].[Ir].[Ir].[Ir].[Ir].[c-]1ccccc1N1[CH-]Nc2ccccc21. The number of benzene rings is 6. The summed E-state index contributed by atoms with van der Waals surface area (Å²) in [5.41, 5.74) is 4.47. The van der Waals surface area contributed by atoms with Crippen LogP contribution in [0.1, 0.15) is 21.6 Å². The number of rotatable bonds is 6. The van der Waals surface area contributed by atoms with E-state index in [-0.39, 0.29) is 135 Å². The number of carboxylic acids is 1. The largest absolute Gasteiger partial charge is 0.514 e. The van der Waals surface area contributed by atoms with Crippen molar-refractivity contribution in [2.45, 2.75) is 12.4 Å². The number of nitrogens with one attached hydrogen (secondary N) is 1. The van der Waals surface area contributed by atoms with Gasteiger partial charge in [-0.2, -0.15) is 69.4 Å². The number of hydrogen-bond acceptors (Lipinski definition) is 8. The van der Waals surface area contributed by atoms with Crippen molar-refractivity contribution in [2.75, 3.05) is 10.2 Å². The fourth-order valence-corrected chi connectivity index (χ4v) is 7.34. The van der Waals surface area contributed by atoms with Crippen molar-refractivity contribution in [3.63, 3.8) is 0 Å². The van der Waals surface area contributed by atoms with Gasteiger partial charge >= 0.3 is 18.3 Å². The number of alkyl halides is 6. The van der Waals surface area contributed by atoms with Gasteiger partial charge in [-0.15, -0.1) is 89.1 Å². The first-order valence-electron chi connectivity index (χ1n) is 25.2. The molecule has 0 saturated carbocycles. The van der Waals surface area contributed by atoms with Gasteiger partial charge in [0.05, 0.1) is 13.1 Å². The van der Waals surface area contributed by atoms with Crippen molar-refractivity contribution in [3.05, 3.63) is 319 Å². The van der Waals surface area contributed by atoms with Gasteiger partial charge in [0.1, 0.15) is 17.1 Å². The third kappa shape index (κ3) is 24.4. The van der Waals surface area contributed by atoms with Crippen molar-refractivity contribution < 1.29 is 150 Å². The molecular weight excluding hydrogens is 2090 g/mol. The Bertz CT molecular complexity index is 4060. The zero-order valence-electron chi connectivity index (χ0n) is 46.4. The van der Waals surface area contributed by atoms with Gasteiger partial charge in [0.15, 0.2) is 0 Å². The maximum absolute atomic E-state index is 13.2. The molecule has 1 aliphatic heterocycles. The predicted molar refractivity (Wildman–Crippen MR) is 309 cm³/mol. The molecule has 479 valence electrons. The van der Waals surface area contributed by atoms with Gasteiger partial charge in [0, 0.05) is 160 Å². The van der Waals surface area contributed by atoms with E-state index >= 15 is 0 Å². The zero-order chi connectivity index (χ0) is 62.2. The van der Waals surface area contributed by atoms with Gasteiger partial charge in [-0.3, -0.25) is 22.9 Å². The molecule has 2 N–H and O–H groups in total. The second kappa shape index (κ2) is 39.9. The molecule has 0 fully saturated rings. The molecule has 0 unspecified atom stereocenters. The van der Waals surface area contributed by atoms with Crippen molar-refractivity contribution in [1.29, 1.82) is 0 Å². The molecule has 92 heavy (non-hydrogen) atoms. The molecule has 1 aliphatic rings. The molecule has 0 saturated heterocycles. The summed E-state index contributed by atoms with van der Waals surface area (Å²) in [6, 6.07) is 65.3. The number of aromatic nitrogens is 5. The normalized spacial score (nSPS) is 10.3. The second-order valence-electron chi connectivity index (χ2n) is 17.3. The van der Waals surface area contributed by atoms with Crippen molar-refractivity contribution in [1.82, 2.24) is 24.9 Å². The third-order valence-corrected chi connectivity index (χ3v) is 11.4. The monoisotopic (exact) mass is 2140 g/mol. The minimum Gasteiger partial charge on any atom is -0.514 e. The Hall–Kier alpha value is -8.26. The number of nitrogens with zero attached hydrogens (tertiary/aromatic N) is 8. The second-order valence-corrected chi connectivity index (χ2v) is 17.3. The van der Waals surface area contributed by atoms with E-state index in [1.807, 2.05) is 73.4 Å². The first kappa shape index (κ1) is 79.8. The van der Waals surface area contributed by atoms with Crippen LogP contribution in [0.15, 0.2) is 225 Å². The third-order valence-electron chi connectivity index (χ3n) is 11.4. The molecule has 5 aromatic heterocycles. The van der Waals surface area contributed by atoms with E-state index in [1.165, 1.54) is 48.4 Å². The number of halogens is 9. The van der Waals surface area contributed by atoms with Crippen LogP contribution in [0.25, 0.3) is 54.7 Å². The molecule has 11 nitrogen and oxygen atoms in total. The summed E-state index contributed by atoms with van der Waals surface area (Å²) < 4.78 is 115. The Morgan fingerprint density at radius 2 is 1.07 bits per heavy atom. The van der Waals surface area contributed by atoms with E-state index in [4.69, 9.17) is 18.3 Å². The number of para-hydroxylation sites is 3. The number of anilines is 3. The van der Waals surface area contributed by atoms with Crippen LogP contribution in [-0.4, -0.2) is 36.0 Å². The average molecular weight is 2140 g/mol. The Labute approximate surface area is 591 Å². The van der Waals surface area contributed by atoms with E-state index in [9.17, 15) is 44.3 Å². The fourth-order valence-electron chi connectivity index (χ4n) is 7.34. The predicted octanol–water partition coefficient (Wildman–Crippen LogP) is 17.7. The molecule has 5 radical (unpaired) electrons. The van der Waals surface area contributed by atoms with Crippen molar-refractivity contribution >= 4 is 34.4 Å². The molecule has 12 rings (SSSR count). The van der Waals surface area contributed by atoms with Gasteiger partial charge in [0.25, 0.3) is 0 Å². The first-order chi connectivity index (χ1) is 41.9. The molecule has 0 spiro atoms. The minimum absolute atomic E-state index is 0. The van der Waals surface area contributed by atoms with Crippen LogP contribution in [0.3, 0.4) is 0 Å². The van der Waals surface area contributed by atoms with E-state index in [0.29, 0.717) is 28.7 Å². The quantitative estimate of drug-likeness (QED) is 0.124. The number of aromatic carboxylic acids is 1. The molecule has 11 aromatic rings. The maximum atomic E-state index is 13.2. The van der Waals surface area contributed by atoms with Gasteiger partial charge in [0.2, 0.25) is 0 Å². The minimum atomic E-state index is -4.91. The van der Waals surface area contributed by atoms with Crippen LogP contribution < -0.4 is 10.2 Å². The number of carbonyl (C=O) groups is 1.